The van der Waals surface area contributed by atoms with Crippen molar-refractivity contribution in [3.05, 3.63) is 35.4 Å². The van der Waals surface area contributed by atoms with Crippen molar-refractivity contribution < 1.29 is 9.90 Å². The molecule has 3 heteroatoms. The molecule has 1 aromatic carbocycles. The Bertz CT molecular complexity index is 514. The first-order chi connectivity index (χ1) is 10.1. The first-order valence-corrected chi connectivity index (χ1v) is 8.20. The molecule has 1 saturated carbocycles. The van der Waals surface area contributed by atoms with Gasteiger partial charge < -0.3 is 5.11 Å². The van der Waals surface area contributed by atoms with E-state index in [1.54, 1.807) is 0 Å². The van der Waals surface area contributed by atoms with E-state index in [9.17, 15) is 9.90 Å². The van der Waals surface area contributed by atoms with Crippen molar-refractivity contribution in [2.45, 2.75) is 45.1 Å². The van der Waals surface area contributed by atoms with Crippen LogP contribution in [-0.4, -0.2) is 29.1 Å². The summed E-state index contributed by atoms with van der Waals surface area (Å²) in [7, 11) is 0. The molecule has 1 aromatic rings. The predicted octanol–water partition coefficient (Wildman–Crippen LogP) is 3.50. The maximum atomic E-state index is 11.8. The minimum Gasteiger partial charge on any atom is -0.480 e. The van der Waals surface area contributed by atoms with Crippen LogP contribution < -0.4 is 0 Å². The van der Waals surface area contributed by atoms with E-state index in [1.165, 1.54) is 31.2 Å². The quantitative estimate of drug-likeness (QED) is 0.925. The molecule has 21 heavy (non-hydrogen) atoms. The minimum atomic E-state index is -0.703. The SMILES string of the molecule is CC1CCCC(CN2CCc3ccccc3C2C(=O)O)C1. The van der Waals surface area contributed by atoms with E-state index < -0.39 is 12.0 Å². The molecule has 0 aromatic heterocycles. The maximum absolute atomic E-state index is 11.8. The monoisotopic (exact) mass is 287 g/mol. The summed E-state index contributed by atoms with van der Waals surface area (Å²) < 4.78 is 0. The van der Waals surface area contributed by atoms with Gasteiger partial charge in [-0.2, -0.15) is 0 Å². The number of carbonyl (C=O) groups is 1. The van der Waals surface area contributed by atoms with E-state index in [2.05, 4.69) is 17.9 Å². The van der Waals surface area contributed by atoms with Crippen LogP contribution in [0.25, 0.3) is 0 Å². The van der Waals surface area contributed by atoms with E-state index in [0.29, 0.717) is 5.92 Å². The van der Waals surface area contributed by atoms with Gasteiger partial charge in [0.2, 0.25) is 0 Å². The summed E-state index contributed by atoms with van der Waals surface area (Å²) >= 11 is 0. The van der Waals surface area contributed by atoms with Gasteiger partial charge in [0.25, 0.3) is 0 Å². The van der Waals surface area contributed by atoms with Crippen LogP contribution in [0.15, 0.2) is 24.3 Å². The Morgan fingerprint density at radius 2 is 2.14 bits per heavy atom. The van der Waals surface area contributed by atoms with Crippen LogP contribution in [-0.2, 0) is 11.2 Å². The molecule has 0 bridgehead atoms. The lowest BCUT2D eigenvalue weighted by atomic mass is 9.81. The van der Waals surface area contributed by atoms with Crippen molar-refractivity contribution in [3.8, 4) is 0 Å². The lowest BCUT2D eigenvalue weighted by molar-refractivity contribution is -0.144. The van der Waals surface area contributed by atoms with Gasteiger partial charge in [-0.25, -0.2) is 0 Å². The van der Waals surface area contributed by atoms with Crippen molar-refractivity contribution >= 4 is 5.97 Å². The summed E-state index contributed by atoms with van der Waals surface area (Å²) in [5, 5.41) is 9.70. The van der Waals surface area contributed by atoms with E-state index in [1.807, 2.05) is 18.2 Å². The van der Waals surface area contributed by atoms with Crippen LogP contribution in [0, 0.1) is 11.8 Å². The summed E-state index contributed by atoms with van der Waals surface area (Å²) in [6.45, 7) is 4.14. The normalized spacial score (nSPS) is 29.9. The van der Waals surface area contributed by atoms with Gasteiger partial charge in [0.05, 0.1) is 0 Å². The van der Waals surface area contributed by atoms with Crippen molar-refractivity contribution in [2.75, 3.05) is 13.1 Å². The highest BCUT2D eigenvalue weighted by atomic mass is 16.4. The Morgan fingerprint density at radius 1 is 1.33 bits per heavy atom. The largest absolute Gasteiger partial charge is 0.480 e. The maximum Gasteiger partial charge on any atom is 0.325 e. The van der Waals surface area contributed by atoms with Crippen molar-refractivity contribution in [2.24, 2.45) is 11.8 Å². The predicted molar refractivity (Wildman–Crippen MR) is 83.2 cm³/mol. The molecule has 0 saturated heterocycles. The Labute approximate surface area is 127 Å². The van der Waals surface area contributed by atoms with Crippen molar-refractivity contribution in [1.82, 2.24) is 4.90 Å². The fourth-order valence-electron chi connectivity index (χ4n) is 4.16. The molecular formula is C18H25NO2. The minimum absolute atomic E-state index is 0.452. The van der Waals surface area contributed by atoms with Gasteiger partial charge in [-0.05, 0) is 42.2 Å². The molecule has 2 aliphatic rings. The Kier molecular flexibility index (Phi) is 4.29. The lowest BCUT2D eigenvalue weighted by Gasteiger charge is -2.38. The summed E-state index contributed by atoms with van der Waals surface area (Å²) in [6.07, 6.45) is 6.12. The third kappa shape index (κ3) is 3.13. The molecule has 114 valence electrons. The summed E-state index contributed by atoms with van der Waals surface area (Å²) in [5.41, 5.74) is 2.21. The van der Waals surface area contributed by atoms with Crippen LogP contribution in [0.2, 0.25) is 0 Å². The number of benzene rings is 1. The van der Waals surface area contributed by atoms with Gasteiger partial charge in [-0.3, -0.25) is 9.69 Å². The molecule has 1 aliphatic heterocycles. The number of nitrogens with zero attached hydrogens (tertiary/aromatic N) is 1. The van der Waals surface area contributed by atoms with Crippen LogP contribution in [0.3, 0.4) is 0 Å². The number of carboxylic acids is 1. The van der Waals surface area contributed by atoms with Gasteiger partial charge in [0.1, 0.15) is 6.04 Å². The van der Waals surface area contributed by atoms with Crippen LogP contribution >= 0.6 is 0 Å². The molecule has 0 amide bonds. The summed E-state index contributed by atoms with van der Waals surface area (Å²) in [5.74, 6) is 0.760. The van der Waals surface area contributed by atoms with E-state index in [4.69, 9.17) is 0 Å². The molecule has 1 heterocycles. The first kappa shape index (κ1) is 14.6. The first-order valence-electron chi connectivity index (χ1n) is 8.20. The average Bonchev–Trinajstić information content (AvgIpc) is 2.46. The zero-order chi connectivity index (χ0) is 14.8. The zero-order valence-electron chi connectivity index (χ0n) is 12.8. The highest BCUT2D eigenvalue weighted by Gasteiger charge is 2.34. The molecule has 1 N–H and O–H groups in total. The molecule has 1 fully saturated rings. The Balaban J connectivity index is 1.77. The molecule has 0 spiro atoms. The number of hydrogen-bond acceptors (Lipinski definition) is 2. The van der Waals surface area contributed by atoms with E-state index in [0.717, 1.165) is 31.0 Å². The highest BCUT2D eigenvalue weighted by Crippen LogP contribution is 2.34. The van der Waals surface area contributed by atoms with Gasteiger partial charge in [-0.1, -0.05) is 44.0 Å². The number of rotatable bonds is 3. The zero-order valence-corrected chi connectivity index (χ0v) is 12.8. The third-order valence-corrected chi connectivity index (χ3v) is 5.15. The van der Waals surface area contributed by atoms with Gasteiger partial charge in [0, 0.05) is 13.1 Å². The van der Waals surface area contributed by atoms with Crippen LogP contribution in [0.4, 0.5) is 0 Å². The number of carboxylic acid groups (broad SMARTS) is 1. The average molecular weight is 287 g/mol. The van der Waals surface area contributed by atoms with Gasteiger partial charge in [-0.15, -0.1) is 0 Å². The molecule has 3 unspecified atom stereocenters. The van der Waals surface area contributed by atoms with E-state index in [-0.39, 0.29) is 0 Å². The Morgan fingerprint density at radius 3 is 2.90 bits per heavy atom. The summed E-state index contributed by atoms with van der Waals surface area (Å²) in [6, 6.07) is 7.58. The van der Waals surface area contributed by atoms with Crippen molar-refractivity contribution in [1.29, 1.82) is 0 Å². The highest BCUT2D eigenvalue weighted by molar-refractivity contribution is 5.76. The molecular weight excluding hydrogens is 262 g/mol. The van der Waals surface area contributed by atoms with Crippen LogP contribution in [0.1, 0.15) is 49.8 Å². The molecule has 3 rings (SSSR count). The van der Waals surface area contributed by atoms with Crippen LogP contribution in [0.5, 0.6) is 0 Å². The van der Waals surface area contributed by atoms with E-state index >= 15 is 0 Å². The standard InChI is InChI=1S/C18H25NO2/c1-13-5-4-6-14(11-13)12-19-10-9-15-7-2-3-8-16(15)17(19)18(20)21/h2-3,7-8,13-14,17H,4-6,9-12H2,1H3,(H,20,21). The fourth-order valence-corrected chi connectivity index (χ4v) is 4.16. The second kappa shape index (κ2) is 6.18. The molecule has 3 nitrogen and oxygen atoms in total. The molecule has 0 radical (unpaired) electrons. The summed E-state index contributed by atoms with van der Waals surface area (Å²) in [4.78, 5) is 14.0. The smallest absolute Gasteiger partial charge is 0.325 e. The molecule has 3 atom stereocenters. The van der Waals surface area contributed by atoms with Crippen molar-refractivity contribution in [3.63, 3.8) is 0 Å². The topological polar surface area (TPSA) is 40.5 Å². The fraction of sp³-hybridized carbons (Fsp3) is 0.611. The number of hydrogen-bond donors (Lipinski definition) is 1. The Hall–Kier alpha value is -1.35. The number of fused-ring (bicyclic) bond motifs is 1. The lowest BCUT2D eigenvalue weighted by Crippen LogP contribution is -2.42. The third-order valence-electron chi connectivity index (χ3n) is 5.15. The van der Waals surface area contributed by atoms with Gasteiger partial charge >= 0.3 is 5.97 Å². The second-order valence-corrected chi connectivity index (χ2v) is 6.82. The second-order valence-electron chi connectivity index (χ2n) is 6.82. The number of aliphatic carboxylic acids is 1. The molecule has 1 aliphatic carbocycles. The van der Waals surface area contributed by atoms with Gasteiger partial charge in [0.15, 0.2) is 0 Å².